The Morgan fingerprint density at radius 1 is 1.27 bits per heavy atom. The summed E-state index contributed by atoms with van der Waals surface area (Å²) >= 11 is 0. The van der Waals surface area contributed by atoms with E-state index in [1.54, 1.807) is 6.20 Å². The van der Waals surface area contributed by atoms with Crippen molar-refractivity contribution in [2.24, 2.45) is 0 Å². The highest BCUT2D eigenvalue weighted by Gasteiger charge is 2.05. The molecule has 0 saturated carbocycles. The van der Waals surface area contributed by atoms with Crippen LogP contribution in [0.1, 0.15) is 30.2 Å². The number of aromatic nitrogens is 1. The number of carbonyl (C=O) groups is 1. The number of amides is 1. The molecule has 116 valence electrons. The highest BCUT2D eigenvalue weighted by Crippen LogP contribution is 2.18. The minimum absolute atomic E-state index is 0.0133. The zero-order valence-corrected chi connectivity index (χ0v) is 13.1. The van der Waals surface area contributed by atoms with Gasteiger partial charge in [0.1, 0.15) is 5.75 Å². The fraction of sp³-hybridized carbons (Fsp3) is 0.333. The minimum Gasteiger partial charge on any atom is -0.484 e. The molecular formula is C18H22N2O2. The van der Waals surface area contributed by atoms with E-state index in [9.17, 15) is 4.79 Å². The highest BCUT2D eigenvalue weighted by molar-refractivity contribution is 5.77. The molecule has 0 unspecified atom stereocenters. The Labute approximate surface area is 131 Å². The molecule has 1 heterocycles. The van der Waals surface area contributed by atoms with E-state index in [-0.39, 0.29) is 12.5 Å². The van der Waals surface area contributed by atoms with Gasteiger partial charge in [-0.3, -0.25) is 9.78 Å². The Morgan fingerprint density at radius 3 is 2.82 bits per heavy atom. The molecule has 0 aliphatic rings. The lowest BCUT2D eigenvalue weighted by molar-refractivity contribution is -0.123. The minimum atomic E-state index is -0.152. The summed E-state index contributed by atoms with van der Waals surface area (Å²) in [6, 6.07) is 11.6. The second-order valence-electron chi connectivity index (χ2n) is 5.22. The van der Waals surface area contributed by atoms with E-state index in [2.05, 4.69) is 30.2 Å². The van der Waals surface area contributed by atoms with E-state index in [1.807, 2.05) is 30.3 Å². The normalized spacial score (nSPS) is 10.3. The van der Waals surface area contributed by atoms with E-state index >= 15 is 0 Å². The third-order valence-electron chi connectivity index (χ3n) is 3.40. The van der Waals surface area contributed by atoms with Crippen molar-refractivity contribution in [2.75, 3.05) is 6.61 Å². The van der Waals surface area contributed by atoms with Gasteiger partial charge in [-0.2, -0.15) is 0 Å². The molecule has 0 radical (unpaired) electrons. The number of hydrogen-bond donors (Lipinski definition) is 1. The molecule has 1 N–H and O–H groups in total. The van der Waals surface area contributed by atoms with E-state index < -0.39 is 0 Å². The van der Waals surface area contributed by atoms with Gasteiger partial charge in [0, 0.05) is 6.20 Å². The van der Waals surface area contributed by atoms with Gasteiger partial charge in [-0.25, -0.2) is 0 Å². The molecule has 1 aromatic carbocycles. The smallest absolute Gasteiger partial charge is 0.258 e. The third kappa shape index (κ3) is 4.88. The first-order valence-electron chi connectivity index (χ1n) is 7.58. The van der Waals surface area contributed by atoms with Gasteiger partial charge in [0.15, 0.2) is 6.61 Å². The largest absolute Gasteiger partial charge is 0.484 e. The number of nitrogens with zero attached hydrogens (tertiary/aromatic N) is 1. The van der Waals surface area contributed by atoms with Crippen molar-refractivity contribution in [1.82, 2.24) is 10.3 Å². The molecule has 1 aromatic heterocycles. The number of pyridine rings is 1. The first-order valence-corrected chi connectivity index (χ1v) is 7.58. The van der Waals surface area contributed by atoms with Crippen molar-refractivity contribution in [2.45, 2.75) is 33.2 Å². The lowest BCUT2D eigenvalue weighted by Crippen LogP contribution is -2.28. The summed E-state index contributed by atoms with van der Waals surface area (Å²) < 4.78 is 5.54. The summed E-state index contributed by atoms with van der Waals surface area (Å²) in [4.78, 5) is 15.9. The molecule has 0 aliphatic carbocycles. The Hall–Kier alpha value is -2.36. The number of benzene rings is 1. The van der Waals surface area contributed by atoms with Crippen molar-refractivity contribution in [3.63, 3.8) is 0 Å². The lowest BCUT2D eigenvalue weighted by atomic mass is 10.0. The molecule has 0 atom stereocenters. The monoisotopic (exact) mass is 298 g/mol. The zero-order chi connectivity index (χ0) is 15.8. The second kappa shape index (κ2) is 8.17. The molecular weight excluding hydrogens is 276 g/mol. The lowest BCUT2D eigenvalue weighted by Gasteiger charge is -2.10. The van der Waals surface area contributed by atoms with E-state index in [0.717, 1.165) is 24.3 Å². The fourth-order valence-corrected chi connectivity index (χ4v) is 2.20. The van der Waals surface area contributed by atoms with Crippen LogP contribution < -0.4 is 10.1 Å². The quantitative estimate of drug-likeness (QED) is 0.855. The van der Waals surface area contributed by atoms with Gasteiger partial charge in [0.05, 0.1) is 12.2 Å². The summed E-state index contributed by atoms with van der Waals surface area (Å²) in [5, 5.41) is 2.79. The summed E-state index contributed by atoms with van der Waals surface area (Å²) in [5.74, 6) is 0.575. The van der Waals surface area contributed by atoms with E-state index in [0.29, 0.717) is 6.54 Å². The standard InChI is InChI=1S/C18H22N2O2/c1-3-6-15-8-9-17(11-14(15)2)22-13-18(21)20-12-16-7-4-5-10-19-16/h4-5,7-11H,3,6,12-13H2,1-2H3,(H,20,21). The van der Waals surface area contributed by atoms with Crippen LogP contribution in [0.2, 0.25) is 0 Å². The summed E-state index contributed by atoms with van der Waals surface area (Å²) in [6.07, 6.45) is 3.90. The molecule has 0 saturated heterocycles. The third-order valence-corrected chi connectivity index (χ3v) is 3.40. The van der Waals surface area contributed by atoms with Crippen LogP contribution in [0.5, 0.6) is 5.75 Å². The maximum Gasteiger partial charge on any atom is 0.258 e. The zero-order valence-electron chi connectivity index (χ0n) is 13.1. The molecule has 1 amide bonds. The first-order chi connectivity index (χ1) is 10.7. The Bertz CT molecular complexity index is 612. The Kier molecular flexibility index (Phi) is 5.95. The fourth-order valence-electron chi connectivity index (χ4n) is 2.20. The van der Waals surface area contributed by atoms with Crippen LogP contribution in [0.3, 0.4) is 0 Å². The average Bonchev–Trinajstić information content (AvgIpc) is 2.54. The number of hydrogen-bond acceptors (Lipinski definition) is 3. The molecule has 0 fully saturated rings. The molecule has 2 aromatic rings. The molecule has 4 nitrogen and oxygen atoms in total. The SMILES string of the molecule is CCCc1ccc(OCC(=O)NCc2ccccn2)cc1C. The maximum atomic E-state index is 11.8. The van der Waals surface area contributed by atoms with Crippen molar-refractivity contribution >= 4 is 5.91 Å². The average molecular weight is 298 g/mol. The van der Waals surface area contributed by atoms with Crippen LogP contribution in [0, 0.1) is 6.92 Å². The Morgan fingerprint density at radius 2 is 2.14 bits per heavy atom. The first kappa shape index (κ1) is 16.0. The molecule has 0 aliphatic heterocycles. The number of aryl methyl sites for hydroxylation is 2. The molecule has 0 bridgehead atoms. The van der Waals surface area contributed by atoms with Crippen molar-refractivity contribution in [1.29, 1.82) is 0 Å². The number of nitrogens with one attached hydrogen (secondary N) is 1. The summed E-state index contributed by atoms with van der Waals surface area (Å²) in [6.45, 7) is 4.66. The van der Waals surface area contributed by atoms with Crippen molar-refractivity contribution in [3.05, 3.63) is 59.4 Å². The van der Waals surface area contributed by atoms with Crippen LogP contribution in [0.4, 0.5) is 0 Å². The van der Waals surface area contributed by atoms with Gasteiger partial charge in [-0.05, 0) is 48.7 Å². The molecule has 2 rings (SSSR count). The summed E-state index contributed by atoms with van der Waals surface area (Å²) in [7, 11) is 0. The van der Waals surface area contributed by atoms with Gasteiger partial charge in [0.2, 0.25) is 0 Å². The van der Waals surface area contributed by atoms with Gasteiger partial charge in [-0.1, -0.05) is 25.5 Å². The van der Waals surface area contributed by atoms with Crippen LogP contribution in [0.25, 0.3) is 0 Å². The van der Waals surface area contributed by atoms with Crippen LogP contribution in [-0.2, 0) is 17.8 Å². The van der Waals surface area contributed by atoms with Gasteiger partial charge >= 0.3 is 0 Å². The number of ether oxygens (including phenoxy) is 1. The van der Waals surface area contributed by atoms with Crippen LogP contribution in [-0.4, -0.2) is 17.5 Å². The summed E-state index contributed by atoms with van der Waals surface area (Å²) in [5.41, 5.74) is 3.36. The topological polar surface area (TPSA) is 51.2 Å². The number of rotatable bonds is 7. The van der Waals surface area contributed by atoms with Crippen LogP contribution in [0.15, 0.2) is 42.6 Å². The highest BCUT2D eigenvalue weighted by atomic mass is 16.5. The second-order valence-corrected chi connectivity index (χ2v) is 5.22. The molecule has 0 spiro atoms. The van der Waals surface area contributed by atoms with Crippen molar-refractivity contribution in [3.8, 4) is 5.75 Å². The van der Waals surface area contributed by atoms with Gasteiger partial charge < -0.3 is 10.1 Å². The van der Waals surface area contributed by atoms with Gasteiger partial charge in [-0.15, -0.1) is 0 Å². The predicted octanol–water partition coefficient (Wildman–Crippen LogP) is 3.04. The predicted molar refractivity (Wildman–Crippen MR) is 86.8 cm³/mol. The maximum absolute atomic E-state index is 11.8. The van der Waals surface area contributed by atoms with Crippen molar-refractivity contribution < 1.29 is 9.53 Å². The van der Waals surface area contributed by atoms with Crippen LogP contribution >= 0.6 is 0 Å². The molecule has 22 heavy (non-hydrogen) atoms. The van der Waals surface area contributed by atoms with E-state index in [4.69, 9.17) is 4.74 Å². The molecule has 4 heteroatoms. The van der Waals surface area contributed by atoms with E-state index in [1.165, 1.54) is 11.1 Å². The Balaban J connectivity index is 1.80. The number of carbonyl (C=O) groups excluding carboxylic acids is 1. The van der Waals surface area contributed by atoms with Gasteiger partial charge in [0.25, 0.3) is 5.91 Å².